The van der Waals surface area contributed by atoms with E-state index in [1.165, 1.54) is 5.56 Å². The number of nitrogens with one attached hydrogen (secondary N) is 1. The number of hydrogen-bond donors (Lipinski definition) is 1. The summed E-state index contributed by atoms with van der Waals surface area (Å²) in [5.74, 6) is 2.12. The molecule has 1 unspecified atom stereocenters. The van der Waals surface area contributed by atoms with E-state index in [0.717, 1.165) is 37.5 Å². The van der Waals surface area contributed by atoms with Gasteiger partial charge in [0.05, 0.1) is 12.8 Å². The lowest BCUT2D eigenvalue weighted by Crippen LogP contribution is -2.39. The molecule has 0 amide bonds. The first kappa shape index (κ1) is 18.2. The highest BCUT2D eigenvalue weighted by Gasteiger charge is 2.26. The Hall–Kier alpha value is -2.57. The predicted molar refractivity (Wildman–Crippen MR) is 102 cm³/mol. The van der Waals surface area contributed by atoms with Gasteiger partial charge in [0, 0.05) is 57.6 Å². The van der Waals surface area contributed by atoms with Crippen LogP contribution in [-0.2, 0) is 13.6 Å². The van der Waals surface area contributed by atoms with Crippen LogP contribution < -0.4 is 10.1 Å². The molecule has 140 valence electrons. The zero-order valence-corrected chi connectivity index (χ0v) is 15.9. The largest absolute Gasteiger partial charge is 0.477 e. The number of ether oxygens (including phenoxy) is 1. The van der Waals surface area contributed by atoms with Gasteiger partial charge in [-0.15, -0.1) is 0 Å². The fourth-order valence-electron chi connectivity index (χ4n) is 3.27. The van der Waals surface area contributed by atoms with Crippen LogP contribution in [0.25, 0.3) is 0 Å². The van der Waals surface area contributed by atoms with Crippen molar-refractivity contribution >= 4 is 5.96 Å². The van der Waals surface area contributed by atoms with Gasteiger partial charge in [-0.2, -0.15) is 5.10 Å². The van der Waals surface area contributed by atoms with E-state index in [1.807, 2.05) is 37.1 Å². The van der Waals surface area contributed by atoms with Gasteiger partial charge in [-0.25, -0.2) is 4.98 Å². The van der Waals surface area contributed by atoms with Crippen molar-refractivity contribution in [1.82, 2.24) is 25.0 Å². The fraction of sp³-hybridized carbons (Fsp3) is 0.526. The van der Waals surface area contributed by atoms with E-state index < -0.39 is 0 Å². The summed E-state index contributed by atoms with van der Waals surface area (Å²) in [6.07, 6.45) is 7.93. The average Bonchev–Trinajstić information content (AvgIpc) is 3.30. The lowest BCUT2D eigenvalue weighted by molar-refractivity contribution is 0.301. The van der Waals surface area contributed by atoms with E-state index in [0.29, 0.717) is 24.9 Å². The van der Waals surface area contributed by atoms with Crippen molar-refractivity contribution in [3.63, 3.8) is 0 Å². The molecule has 0 aliphatic carbocycles. The Labute approximate surface area is 155 Å². The maximum atomic E-state index is 5.74. The third kappa shape index (κ3) is 4.33. The molecule has 2 aromatic rings. The third-order valence-corrected chi connectivity index (χ3v) is 4.63. The normalized spacial score (nSPS) is 17.6. The van der Waals surface area contributed by atoms with Gasteiger partial charge in [0.25, 0.3) is 0 Å². The molecule has 1 atom stereocenters. The van der Waals surface area contributed by atoms with Crippen LogP contribution in [0.1, 0.15) is 36.8 Å². The van der Waals surface area contributed by atoms with E-state index in [-0.39, 0.29) is 0 Å². The number of guanidine groups is 1. The predicted octanol–water partition coefficient (Wildman–Crippen LogP) is 2.17. The van der Waals surface area contributed by atoms with Crippen LogP contribution >= 0.6 is 0 Å². The number of aromatic nitrogens is 3. The number of aliphatic imine (C=N–C) groups is 1. The van der Waals surface area contributed by atoms with Crippen LogP contribution in [0.5, 0.6) is 5.88 Å². The summed E-state index contributed by atoms with van der Waals surface area (Å²) in [6, 6.07) is 3.98. The van der Waals surface area contributed by atoms with Gasteiger partial charge in [-0.3, -0.25) is 9.67 Å². The molecule has 3 rings (SSSR count). The summed E-state index contributed by atoms with van der Waals surface area (Å²) in [5.41, 5.74) is 2.35. The molecule has 3 heterocycles. The Morgan fingerprint density at radius 2 is 2.35 bits per heavy atom. The van der Waals surface area contributed by atoms with E-state index in [2.05, 4.69) is 38.4 Å². The Morgan fingerprint density at radius 3 is 3.08 bits per heavy atom. The summed E-state index contributed by atoms with van der Waals surface area (Å²) in [4.78, 5) is 11.1. The average molecular weight is 356 g/mol. The van der Waals surface area contributed by atoms with Gasteiger partial charge in [0.1, 0.15) is 0 Å². The highest BCUT2D eigenvalue weighted by Crippen LogP contribution is 2.26. The first-order valence-corrected chi connectivity index (χ1v) is 9.22. The van der Waals surface area contributed by atoms with Crippen molar-refractivity contribution in [2.45, 2.75) is 32.2 Å². The number of likely N-dealkylation sites (tertiary alicyclic amines) is 1. The molecule has 0 saturated carbocycles. The summed E-state index contributed by atoms with van der Waals surface area (Å²) < 4.78 is 7.61. The summed E-state index contributed by atoms with van der Waals surface area (Å²) in [5, 5.41) is 7.75. The molecule has 7 nitrogen and oxygen atoms in total. The molecule has 2 aromatic heterocycles. The number of pyridine rings is 1. The molecular formula is C19H28N6O. The van der Waals surface area contributed by atoms with Gasteiger partial charge in [-0.1, -0.05) is 13.0 Å². The van der Waals surface area contributed by atoms with E-state index in [1.54, 1.807) is 6.20 Å². The fourth-order valence-corrected chi connectivity index (χ4v) is 3.27. The minimum atomic E-state index is 0.504. The standard InChI is InChI=1S/C19H28N6O/c1-4-10-26-18-15(6-5-8-21-18)11-22-19(20-2)25-9-7-16(14-25)17-12-23-24(3)13-17/h5-6,8,12-13,16H,4,7,9-11,14H2,1-3H3,(H,20,22). The Morgan fingerprint density at radius 1 is 1.46 bits per heavy atom. The minimum Gasteiger partial charge on any atom is -0.477 e. The maximum absolute atomic E-state index is 5.74. The van der Waals surface area contributed by atoms with Gasteiger partial charge < -0.3 is 15.0 Å². The number of nitrogens with zero attached hydrogens (tertiary/aromatic N) is 5. The molecule has 0 aromatic carbocycles. The van der Waals surface area contributed by atoms with Crippen molar-refractivity contribution in [2.24, 2.45) is 12.0 Å². The summed E-state index contributed by atoms with van der Waals surface area (Å²) >= 11 is 0. The molecule has 1 saturated heterocycles. The highest BCUT2D eigenvalue weighted by molar-refractivity contribution is 5.80. The van der Waals surface area contributed by atoms with Crippen molar-refractivity contribution in [2.75, 3.05) is 26.7 Å². The number of rotatable bonds is 6. The van der Waals surface area contributed by atoms with Crippen molar-refractivity contribution in [3.05, 3.63) is 41.9 Å². The van der Waals surface area contributed by atoms with Crippen LogP contribution in [0.2, 0.25) is 0 Å². The summed E-state index contributed by atoms with van der Waals surface area (Å²) in [7, 11) is 3.79. The molecule has 1 N–H and O–H groups in total. The second kappa shape index (κ2) is 8.69. The Kier molecular flexibility index (Phi) is 6.09. The second-order valence-corrected chi connectivity index (χ2v) is 6.60. The van der Waals surface area contributed by atoms with Gasteiger partial charge >= 0.3 is 0 Å². The lowest BCUT2D eigenvalue weighted by atomic mass is 10.0. The molecule has 0 bridgehead atoms. The molecule has 7 heteroatoms. The smallest absolute Gasteiger partial charge is 0.218 e. The molecule has 1 aliphatic rings. The molecule has 1 aliphatic heterocycles. The second-order valence-electron chi connectivity index (χ2n) is 6.60. The SMILES string of the molecule is CCCOc1ncccc1CNC(=NC)N1CCC(c2cnn(C)c2)C1. The van der Waals surface area contributed by atoms with Crippen molar-refractivity contribution in [1.29, 1.82) is 0 Å². The molecule has 0 radical (unpaired) electrons. The summed E-state index contributed by atoms with van der Waals surface area (Å²) in [6.45, 7) is 5.36. The van der Waals surface area contributed by atoms with Crippen LogP contribution in [0.15, 0.2) is 35.7 Å². The monoisotopic (exact) mass is 356 g/mol. The zero-order valence-electron chi connectivity index (χ0n) is 15.9. The third-order valence-electron chi connectivity index (χ3n) is 4.63. The Bertz CT molecular complexity index is 741. The van der Waals surface area contributed by atoms with E-state index >= 15 is 0 Å². The highest BCUT2D eigenvalue weighted by atomic mass is 16.5. The number of hydrogen-bond acceptors (Lipinski definition) is 4. The molecular weight excluding hydrogens is 328 g/mol. The van der Waals surface area contributed by atoms with Crippen LogP contribution in [0.4, 0.5) is 0 Å². The van der Waals surface area contributed by atoms with Crippen LogP contribution in [-0.4, -0.2) is 52.4 Å². The lowest BCUT2D eigenvalue weighted by Gasteiger charge is -2.22. The Balaban J connectivity index is 1.59. The van der Waals surface area contributed by atoms with Crippen molar-refractivity contribution in [3.8, 4) is 5.88 Å². The van der Waals surface area contributed by atoms with Gasteiger partial charge in [0.15, 0.2) is 5.96 Å². The van der Waals surface area contributed by atoms with Gasteiger partial charge in [0.2, 0.25) is 5.88 Å². The van der Waals surface area contributed by atoms with Crippen LogP contribution in [0.3, 0.4) is 0 Å². The minimum absolute atomic E-state index is 0.504. The maximum Gasteiger partial charge on any atom is 0.218 e. The molecule has 0 spiro atoms. The molecule has 26 heavy (non-hydrogen) atoms. The first-order valence-electron chi connectivity index (χ1n) is 9.22. The topological polar surface area (TPSA) is 67.6 Å². The van der Waals surface area contributed by atoms with E-state index in [9.17, 15) is 0 Å². The van der Waals surface area contributed by atoms with E-state index in [4.69, 9.17) is 4.74 Å². The number of aryl methyl sites for hydroxylation is 1. The van der Waals surface area contributed by atoms with Crippen LogP contribution in [0, 0.1) is 0 Å². The van der Waals surface area contributed by atoms with Crippen molar-refractivity contribution < 1.29 is 4.74 Å². The quantitative estimate of drug-likeness (QED) is 0.635. The first-order chi connectivity index (χ1) is 12.7. The molecule has 1 fully saturated rings. The zero-order chi connectivity index (χ0) is 18.4. The van der Waals surface area contributed by atoms with Gasteiger partial charge in [-0.05, 0) is 24.5 Å².